The van der Waals surface area contributed by atoms with Gasteiger partial charge in [-0.25, -0.2) is 0 Å². The number of ether oxygens (including phenoxy) is 1. The fourth-order valence-corrected chi connectivity index (χ4v) is 1.54. The Kier molecular flexibility index (Phi) is 5.73. The van der Waals surface area contributed by atoms with E-state index in [0.29, 0.717) is 6.42 Å². The van der Waals surface area contributed by atoms with Gasteiger partial charge in [0.05, 0.1) is 11.5 Å². The number of aryl methyl sites for hydroxylation is 1. The Morgan fingerprint density at radius 3 is 2.53 bits per heavy atom. The van der Waals surface area contributed by atoms with Crippen LogP contribution in [0.25, 0.3) is 6.08 Å². The minimum absolute atomic E-state index is 0.121. The van der Waals surface area contributed by atoms with Gasteiger partial charge in [0.1, 0.15) is 0 Å². The number of allylic oxidation sites excluding steroid dienone is 1. The van der Waals surface area contributed by atoms with Gasteiger partial charge in [-0.1, -0.05) is 29.8 Å². The van der Waals surface area contributed by atoms with Crippen LogP contribution in [-0.2, 0) is 9.53 Å². The van der Waals surface area contributed by atoms with Crippen LogP contribution in [0.1, 0.15) is 30.9 Å². The lowest BCUT2D eigenvalue weighted by Gasteiger charge is -2.01. The van der Waals surface area contributed by atoms with Crippen molar-refractivity contribution in [2.24, 2.45) is 0 Å². The molecule has 0 fully saturated rings. The molecule has 0 aliphatic heterocycles. The second-order valence-corrected chi connectivity index (χ2v) is 4.25. The quantitative estimate of drug-likeness (QED) is 0.342. The Morgan fingerprint density at radius 2 is 2.00 bits per heavy atom. The van der Waals surface area contributed by atoms with Gasteiger partial charge in [-0.05, 0) is 18.9 Å². The molecule has 0 bridgehead atoms. The maximum atomic E-state index is 10.9. The molecule has 0 saturated carbocycles. The highest BCUT2D eigenvalue weighted by molar-refractivity contribution is 5.65. The molecule has 19 heavy (non-hydrogen) atoms. The van der Waals surface area contributed by atoms with E-state index in [9.17, 15) is 14.9 Å². The van der Waals surface area contributed by atoms with Gasteiger partial charge in [-0.2, -0.15) is 0 Å². The molecule has 0 heterocycles. The first-order valence-electron chi connectivity index (χ1n) is 6.04. The molecular weight excluding hydrogens is 246 g/mol. The van der Waals surface area contributed by atoms with Crippen LogP contribution in [0.2, 0.25) is 0 Å². The molecule has 1 aromatic rings. The Morgan fingerprint density at radius 1 is 1.37 bits per heavy atom. The highest BCUT2D eigenvalue weighted by Crippen LogP contribution is 2.13. The van der Waals surface area contributed by atoms with Crippen LogP contribution in [0.15, 0.2) is 30.0 Å². The average molecular weight is 263 g/mol. The monoisotopic (exact) mass is 263 g/mol. The summed E-state index contributed by atoms with van der Waals surface area (Å²) in [4.78, 5) is 21.1. The molecule has 0 radical (unpaired) electrons. The maximum absolute atomic E-state index is 10.9. The third kappa shape index (κ3) is 5.81. The second kappa shape index (κ2) is 7.31. The van der Waals surface area contributed by atoms with Crippen molar-refractivity contribution < 1.29 is 14.5 Å². The highest BCUT2D eigenvalue weighted by Gasteiger charge is 2.10. The Labute approximate surface area is 112 Å². The second-order valence-electron chi connectivity index (χ2n) is 4.25. The van der Waals surface area contributed by atoms with E-state index in [1.807, 2.05) is 31.2 Å². The van der Waals surface area contributed by atoms with E-state index < -0.39 is 4.92 Å². The Bertz CT molecular complexity index is 477. The first-order chi connectivity index (χ1) is 8.99. The van der Waals surface area contributed by atoms with Crippen molar-refractivity contribution in [1.29, 1.82) is 0 Å². The molecule has 0 aliphatic rings. The van der Waals surface area contributed by atoms with Gasteiger partial charge < -0.3 is 4.74 Å². The zero-order valence-corrected chi connectivity index (χ0v) is 11.1. The summed E-state index contributed by atoms with van der Waals surface area (Å²) in [6.07, 6.45) is 2.26. The number of hydrogen-bond donors (Lipinski definition) is 0. The van der Waals surface area contributed by atoms with E-state index in [-0.39, 0.29) is 24.7 Å². The van der Waals surface area contributed by atoms with Gasteiger partial charge in [0.15, 0.2) is 0 Å². The average Bonchev–Trinajstić information content (AvgIpc) is 2.35. The standard InChI is InChI=1S/C14H17NO4/c1-11-5-7-13(8-6-11)10-14(15(17)18)4-3-9-19-12(2)16/h5-8,10H,3-4,9H2,1-2H3/b14-10-. The predicted octanol–water partition coefficient (Wildman–Crippen LogP) is 2.96. The zero-order chi connectivity index (χ0) is 14.3. The summed E-state index contributed by atoms with van der Waals surface area (Å²) < 4.78 is 4.75. The topological polar surface area (TPSA) is 69.4 Å². The van der Waals surface area contributed by atoms with Crippen molar-refractivity contribution in [3.63, 3.8) is 0 Å². The summed E-state index contributed by atoms with van der Waals surface area (Å²) in [6.45, 7) is 3.48. The van der Waals surface area contributed by atoms with E-state index in [1.165, 1.54) is 6.92 Å². The largest absolute Gasteiger partial charge is 0.466 e. The number of rotatable bonds is 6. The Balaban J connectivity index is 2.64. The van der Waals surface area contributed by atoms with Crippen LogP contribution >= 0.6 is 0 Å². The van der Waals surface area contributed by atoms with Crippen LogP contribution in [0.5, 0.6) is 0 Å². The van der Waals surface area contributed by atoms with Gasteiger partial charge in [0.25, 0.3) is 0 Å². The normalized spacial score (nSPS) is 11.2. The number of benzene rings is 1. The number of carbonyl (C=O) groups excluding carboxylic acids is 1. The molecule has 0 aromatic heterocycles. The number of nitrogens with zero attached hydrogens (tertiary/aromatic N) is 1. The molecule has 102 valence electrons. The van der Waals surface area contributed by atoms with Gasteiger partial charge in [-0.3, -0.25) is 14.9 Å². The molecule has 5 nitrogen and oxygen atoms in total. The van der Waals surface area contributed by atoms with Crippen molar-refractivity contribution in [3.8, 4) is 0 Å². The summed E-state index contributed by atoms with van der Waals surface area (Å²) in [5.74, 6) is -0.370. The summed E-state index contributed by atoms with van der Waals surface area (Å²) in [5, 5.41) is 10.9. The van der Waals surface area contributed by atoms with Crippen LogP contribution in [0.4, 0.5) is 0 Å². The maximum Gasteiger partial charge on any atom is 0.302 e. The van der Waals surface area contributed by atoms with Crippen molar-refractivity contribution in [3.05, 3.63) is 51.2 Å². The molecule has 0 amide bonds. The molecule has 0 unspecified atom stereocenters. The third-order valence-corrected chi connectivity index (χ3v) is 2.53. The van der Waals surface area contributed by atoms with Gasteiger partial charge in [-0.15, -0.1) is 0 Å². The van der Waals surface area contributed by atoms with Crippen molar-refractivity contribution in [1.82, 2.24) is 0 Å². The van der Waals surface area contributed by atoms with E-state index in [0.717, 1.165) is 11.1 Å². The number of esters is 1. The number of hydrogen-bond acceptors (Lipinski definition) is 4. The van der Waals surface area contributed by atoms with Crippen LogP contribution in [-0.4, -0.2) is 17.5 Å². The van der Waals surface area contributed by atoms with Crippen molar-refractivity contribution in [2.75, 3.05) is 6.61 Å². The smallest absolute Gasteiger partial charge is 0.302 e. The lowest BCUT2D eigenvalue weighted by atomic mass is 10.1. The first-order valence-corrected chi connectivity index (χ1v) is 6.04. The summed E-state index contributed by atoms with van der Waals surface area (Å²) in [7, 11) is 0. The molecule has 0 N–H and O–H groups in total. The number of nitro groups is 1. The minimum Gasteiger partial charge on any atom is -0.466 e. The fourth-order valence-electron chi connectivity index (χ4n) is 1.54. The minimum atomic E-state index is -0.395. The molecular formula is C14H17NO4. The lowest BCUT2D eigenvalue weighted by molar-refractivity contribution is -0.426. The SMILES string of the molecule is CC(=O)OCCC/C(=C/c1ccc(C)cc1)[N+](=O)[O-]. The molecule has 5 heteroatoms. The van der Waals surface area contributed by atoms with Gasteiger partial charge >= 0.3 is 5.97 Å². The molecule has 0 spiro atoms. The molecule has 0 atom stereocenters. The highest BCUT2D eigenvalue weighted by atomic mass is 16.6. The number of carbonyl (C=O) groups is 1. The van der Waals surface area contributed by atoms with E-state index in [4.69, 9.17) is 4.74 Å². The summed E-state index contributed by atoms with van der Waals surface area (Å²) in [6, 6.07) is 7.49. The Hall–Kier alpha value is -2.17. The van der Waals surface area contributed by atoms with Crippen molar-refractivity contribution in [2.45, 2.75) is 26.7 Å². The first kappa shape index (κ1) is 14.9. The fraction of sp³-hybridized carbons (Fsp3) is 0.357. The molecule has 1 rings (SSSR count). The van der Waals surface area contributed by atoms with Crippen LogP contribution in [0.3, 0.4) is 0 Å². The zero-order valence-electron chi connectivity index (χ0n) is 11.1. The third-order valence-electron chi connectivity index (χ3n) is 2.53. The van der Waals surface area contributed by atoms with Gasteiger partial charge in [0, 0.05) is 19.4 Å². The van der Waals surface area contributed by atoms with Crippen LogP contribution < -0.4 is 0 Å². The summed E-state index contributed by atoms with van der Waals surface area (Å²) in [5.41, 5.74) is 2.02. The summed E-state index contributed by atoms with van der Waals surface area (Å²) >= 11 is 0. The van der Waals surface area contributed by atoms with E-state index >= 15 is 0 Å². The lowest BCUT2D eigenvalue weighted by Crippen LogP contribution is -2.04. The van der Waals surface area contributed by atoms with Crippen LogP contribution in [0, 0.1) is 17.0 Å². The predicted molar refractivity (Wildman–Crippen MR) is 72.0 cm³/mol. The molecule has 0 saturated heterocycles. The van der Waals surface area contributed by atoms with Crippen molar-refractivity contribution >= 4 is 12.0 Å². The van der Waals surface area contributed by atoms with Gasteiger partial charge in [0.2, 0.25) is 5.70 Å². The van der Waals surface area contributed by atoms with E-state index in [2.05, 4.69) is 0 Å². The van der Waals surface area contributed by atoms with E-state index in [1.54, 1.807) is 6.08 Å². The molecule has 1 aromatic carbocycles. The molecule has 0 aliphatic carbocycles.